The molecule has 120 valence electrons. The fourth-order valence-electron chi connectivity index (χ4n) is 2.08. The largest absolute Gasteiger partial charge is 0.416 e. The minimum atomic E-state index is -4.37. The van der Waals surface area contributed by atoms with E-state index in [1.54, 1.807) is 0 Å². The van der Waals surface area contributed by atoms with Gasteiger partial charge in [-0.25, -0.2) is 0 Å². The Morgan fingerprint density at radius 2 is 2.00 bits per heavy atom. The van der Waals surface area contributed by atoms with Crippen molar-refractivity contribution in [2.24, 2.45) is 0 Å². The number of hydrogen-bond donors (Lipinski definition) is 1. The predicted molar refractivity (Wildman–Crippen MR) is 76.0 cm³/mol. The molecular formula is C15H23F3N2O. The zero-order valence-electron chi connectivity index (χ0n) is 12.5. The van der Waals surface area contributed by atoms with E-state index in [1.807, 2.05) is 13.8 Å². The molecule has 6 heteroatoms. The normalized spacial score (nSPS) is 13.4. The molecule has 1 heterocycles. The number of alkyl halides is 3. The van der Waals surface area contributed by atoms with Crippen molar-refractivity contribution in [3.05, 3.63) is 29.6 Å². The molecule has 0 aromatic carbocycles. The summed E-state index contributed by atoms with van der Waals surface area (Å²) >= 11 is 0. The van der Waals surface area contributed by atoms with Crippen molar-refractivity contribution >= 4 is 0 Å². The number of nitrogens with zero attached hydrogens (tertiary/aromatic N) is 1. The van der Waals surface area contributed by atoms with Crippen LogP contribution in [0.4, 0.5) is 13.2 Å². The van der Waals surface area contributed by atoms with E-state index in [0.717, 1.165) is 18.9 Å². The highest BCUT2D eigenvalue weighted by Gasteiger charge is 2.35. The molecular weight excluding hydrogens is 281 g/mol. The smallest absolute Gasteiger partial charge is 0.381 e. The molecule has 0 saturated carbocycles. The first kappa shape index (κ1) is 17.9. The van der Waals surface area contributed by atoms with E-state index in [9.17, 15) is 13.2 Å². The number of ether oxygens (including phenoxy) is 1. The summed E-state index contributed by atoms with van der Waals surface area (Å²) in [5.41, 5.74) is -0.430. The van der Waals surface area contributed by atoms with Crippen LogP contribution in [0.5, 0.6) is 0 Å². The highest BCUT2D eigenvalue weighted by Crippen LogP contribution is 2.34. The van der Waals surface area contributed by atoms with Gasteiger partial charge in [-0.05, 0) is 37.4 Å². The van der Waals surface area contributed by atoms with E-state index in [-0.39, 0.29) is 5.56 Å². The minimum Gasteiger partial charge on any atom is -0.381 e. The lowest BCUT2D eigenvalue weighted by Gasteiger charge is -2.22. The van der Waals surface area contributed by atoms with Crippen LogP contribution in [0.2, 0.25) is 0 Å². The summed E-state index contributed by atoms with van der Waals surface area (Å²) in [6, 6.07) is 0.634. The van der Waals surface area contributed by atoms with Gasteiger partial charge in [-0.1, -0.05) is 13.8 Å². The Kier molecular flexibility index (Phi) is 7.67. The Hall–Kier alpha value is -1.14. The average molecular weight is 304 g/mol. The van der Waals surface area contributed by atoms with Crippen molar-refractivity contribution in [3.8, 4) is 0 Å². The van der Waals surface area contributed by atoms with E-state index >= 15 is 0 Å². The van der Waals surface area contributed by atoms with Crippen LogP contribution in [0.1, 0.15) is 50.3 Å². The molecule has 1 rings (SSSR count). The second-order valence-corrected chi connectivity index (χ2v) is 4.87. The van der Waals surface area contributed by atoms with Crippen LogP contribution < -0.4 is 5.32 Å². The average Bonchev–Trinajstić information content (AvgIpc) is 2.46. The maximum Gasteiger partial charge on any atom is 0.416 e. The van der Waals surface area contributed by atoms with Crippen LogP contribution in [0, 0.1) is 0 Å². The third-order valence-electron chi connectivity index (χ3n) is 3.07. The topological polar surface area (TPSA) is 34.1 Å². The molecule has 0 aliphatic heterocycles. The van der Waals surface area contributed by atoms with Gasteiger partial charge >= 0.3 is 6.18 Å². The van der Waals surface area contributed by atoms with E-state index in [4.69, 9.17) is 4.74 Å². The molecule has 0 amide bonds. The van der Waals surface area contributed by atoms with Gasteiger partial charge in [0.05, 0.1) is 5.56 Å². The maximum atomic E-state index is 13.1. The van der Waals surface area contributed by atoms with Crippen molar-refractivity contribution in [1.29, 1.82) is 0 Å². The molecule has 0 aliphatic rings. The fourth-order valence-corrected chi connectivity index (χ4v) is 2.08. The van der Waals surface area contributed by atoms with Crippen LogP contribution in [-0.2, 0) is 10.9 Å². The first-order valence-electron chi connectivity index (χ1n) is 7.32. The molecule has 1 aromatic rings. The zero-order chi connectivity index (χ0) is 15.7. The fraction of sp³-hybridized carbons (Fsp3) is 0.667. The number of hydrogen-bond acceptors (Lipinski definition) is 3. The number of pyridine rings is 1. The highest BCUT2D eigenvalue weighted by molar-refractivity contribution is 5.29. The lowest BCUT2D eigenvalue weighted by Crippen LogP contribution is -2.26. The standard InChI is InChI=1S/C15H23F3N2O/c1-3-7-20-14(6-10-21-9-4-2)12-11-19-8-5-13(12)15(16,17)18/h5,8,11,14,20H,3-4,6-7,9-10H2,1-2H3. The van der Waals surface area contributed by atoms with Crippen molar-refractivity contribution in [1.82, 2.24) is 10.3 Å². The van der Waals surface area contributed by atoms with Gasteiger partial charge in [0.15, 0.2) is 0 Å². The number of halogens is 3. The van der Waals surface area contributed by atoms with Gasteiger partial charge in [0.25, 0.3) is 0 Å². The Morgan fingerprint density at radius 1 is 1.24 bits per heavy atom. The minimum absolute atomic E-state index is 0.193. The van der Waals surface area contributed by atoms with Crippen LogP contribution in [0.15, 0.2) is 18.5 Å². The third kappa shape index (κ3) is 6.01. The summed E-state index contributed by atoms with van der Waals surface area (Å²) in [5, 5.41) is 3.16. The number of nitrogens with one attached hydrogen (secondary N) is 1. The molecule has 1 N–H and O–H groups in total. The molecule has 21 heavy (non-hydrogen) atoms. The number of aromatic nitrogens is 1. The van der Waals surface area contributed by atoms with Gasteiger partial charge in [-0.3, -0.25) is 4.98 Å². The van der Waals surface area contributed by atoms with Gasteiger partial charge in [-0.15, -0.1) is 0 Å². The van der Waals surface area contributed by atoms with Crippen LogP contribution in [-0.4, -0.2) is 24.7 Å². The molecule has 0 radical (unpaired) electrons. The molecule has 0 spiro atoms. The third-order valence-corrected chi connectivity index (χ3v) is 3.07. The summed E-state index contributed by atoms with van der Waals surface area (Å²) in [6.07, 6.45) is 0.359. The first-order chi connectivity index (χ1) is 10.0. The molecule has 0 aliphatic carbocycles. The van der Waals surface area contributed by atoms with Gasteiger partial charge in [0, 0.05) is 31.6 Å². The van der Waals surface area contributed by atoms with Crippen LogP contribution >= 0.6 is 0 Å². The van der Waals surface area contributed by atoms with Gasteiger partial charge < -0.3 is 10.1 Å². The Bertz CT molecular complexity index is 410. The van der Waals surface area contributed by atoms with Gasteiger partial charge in [0.1, 0.15) is 0 Å². The second kappa shape index (κ2) is 9.00. The van der Waals surface area contributed by atoms with Crippen molar-refractivity contribution in [3.63, 3.8) is 0 Å². The van der Waals surface area contributed by atoms with Crippen LogP contribution in [0.3, 0.4) is 0 Å². The first-order valence-corrected chi connectivity index (χ1v) is 7.32. The number of rotatable bonds is 9. The Balaban J connectivity index is 2.86. The second-order valence-electron chi connectivity index (χ2n) is 4.87. The summed E-state index contributed by atoms with van der Waals surface area (Å²) in [7, 11) is 0. The van der Waals surface area contributed by atoms with Gasteiger partial charge in [0.2, 0.25) is 0 Å². The molecule has 3 nitrogen and oxygen atoms in total. The Labute approximate surface area is 123 Å². The monoisotopic (exact) mass is 304 g/mol. The van der Waals surface area contributed by atoms with E-state index in [1.165, 1.54) is 12.4 Å². The van der Waals surface area contributed by atoms with E-state index in [0.29, 0.717) is 26.2 Å². The molecule has 0 fully saturated rings. The summed E-state index contributed by atoms with van der Waals surface area (Å²) in [6.45, 7) is 5.69. The van der Waals surface area contributed by atoms with Crippen LogP contribution in [0.25, 0.3) is 0 Å². The SMILES string of the molecule is CCCNC(CCOCCC)c1cnccc1C(F)(F)F. The van der Waals surface area contributed by atoms with E-state index < -0.39 is 17.8 Å². The quantitative estimate of drug-likeness (QED) is 0.701. The molecule has 1 aromatic heterocycles. The maximum absolute atomic E-state index is 13.1. The Morgan fingerprint density at radius 3 is 2.62 bits per heavy atom. The summed E-state index contributed by atoms with van der Waals surface area (Å²) < 4.78 is 44.7. The lowest BCUT2D eigenvalue weighted by atomic mass is 10.00. The highest BCUT2D eigenvalue weighted by atomic mass is 19.4. The van der Waals surface area contributed by atoms with Crippen molar-refractivity contribution in [2.75, 3.05) is 19.8 Å². The molecule has 0 saturated heterocycles. The van der Waals surface area contributed by atoms with Gasteiger partial charge in [-0.2, -0.15) is 13.2 Å². The van der Waals surface area contributed by atoms with Crippen molar-refractivity contribution in [2.45, 2.75) is 45.3 Å². The summed E-state index contributed by atoms with van der Waals surface area (Å²) in [5.74, 6) is 0. The van der Waals surface area contributed by atoms with Crippen molar-refractivity contribution < 1.29 is 17.9 Å². The van der Waals surface area contributed by atoms with E-state index in [2.05, 4.69) is 10.3 Å². The zero-order valence-corrected chi connectivity index (χ0v) is 12.5. The molecule has 1 atom stereocenters. The molecule has 0 bridgehead atoms. The predicted octanol–water partition coefficient (Wildman–Crippen LogP) is 3.96. The summed E-state index contributed by atoms with van der Waals surface area (Å²) in [4.78, 5) is 3.85. The molecule has 1 unspecified atom stereocenters. The lowest BCUT2D eigenvalue weighted by molar-refractivity contribution is -0.138.